The van der Waals surface area contributed by atoms with Crippen molar-refractivity contribution in [2.75, 3.05) is 0 Å². The number of hydrogen-bond donors (Lipinski definition) is 2. The maximum Gasteiger partial charge on any atom is 0.319 e. The van der Waals surface area contributed by atoms with E-state index in [1.807, 2.05) is 6.07 Å². The van der Waals surface area contributed by atoms with Gasteiger partial charge in [0.15, 0.2) is 5.42 Å². The Labute approximate surface area is 140 Å². The minimum absolute atomic E-state index is 0.149. The molecule has 2 N–H and O–H groups in total. The molecule has 1 aromatic carbocycles. The van der Waals surface area contributed by atoms with E-state index in [0.717, 1.165) is 0 Å². The van der Waals surface area contributed by atoms with Gasteiger partial charge >= 0.3 is 5.95 Å². The van der Waals surface area contributed by atoms with Crippen LogP contribution in [0.4, 0.5) is 0 Å². The molecule has 2 aromatic rings. The first-order chi connectivity index (χ1) is 11.0. The molecule has 0 bridgehead atoms. The predicted molar refractivity (Wildman–Crippen MR) is 87.5 cm³/mol. The predicted octanol–water partition coefficient (Wildman–Crippen LogP) is 3.54. The van der Waals surface area contributed by atoms with Gasteiger partial charge in [0.1, 0.15) is 6.04 Å². The van der Waals surface area contributed by atoms with Crippen LogP contribution in [0.2, 0.25) is 0 Å². The standard InChI is InChI=1S/C16H11Cl2NO4/c17-11-6-9(14(19-22)8-4-2-1-3-5-8)13(18)10-7-12(16(20)21)23-15(10)11/h1-7,13-14,20-21H. The summed E-state index contributed by atoms with van der Waals surface area (Å²) in [5.74, 6) is -0.970. The highest BCUT2D eigenvalue weighted by Crippen LogP contribution is 2.41. The molecule has 0 radical (unpaired) electrons. The fourth-order valence-electron chi connectivity index (χ4n) is 2.52. The Morgan fingerprint density at radius 2 is 1.96 bits per heavy atom. The summed E-state index contributed by atoms with van der Waals surface area (Å²) in [5, 5.41) is 20.9. The van der Waals surface area contributed by atoms with Gasteiger partial charge in [0, 0.05) is 5.56 Å². The topological polar surface area (TPSA) is 83.0 Å². The second-order valence-corrected chi connectivity index (χ2v) is 5.84. The largest absolute Gasteiger partial charge is 0.478 e. The van der Waals surface area contributed by atoms with Gasteiger partial charge < -0.3 is 14.6 Å². The molecule has 1 heterocycles. The molecule has 0 amide bonds. The number of nitroso groups, excluding NO2 is 1. The summed E-state index contributed by atoms with van der Waals surface area (Å²) in [4.78, 5) is 11.4. The first kappa shape index (κ1) is 15.6. The highest BCUT2D eigenvalue weighted by Gasteiger charge is 2.30. The molecular weight excluding hydrogens is 341 g/mol. The van der Waals surface area contributed by atoms with Crippen molar-refractivity contribution in [3.8, 4) is 0 Å². The Kier molecular flexibility index (Phi) is 4.15. The molecule has 3 rings (SSSR count). The second kappa shape index (κ2) is 6.10. The quantitative estimate of drug-likeness (QED) is 0.654. The van der Waals surface area contributed by atoms with Crippen molar-refractivity contribution >= 4 is 34.2 Å². The lowest BCUT2D eigenvalue weighted by atomic mass is 9.91. The van der Waals surface area contributed by atoms with Gasteiger partial charge in [0.25, 0.3) is 0 Å². The highest BCUT2D eigenvalue weighted by molar-refractivity contribution is 6.47. The van der Waals surface area contributed by atoms with Crippen molar-refractivity contribution in [3.05, 3.63) is 74.9 Å². The van der Waals surface area contributed by atoms with E-state index in [4.69, 9.17) is 37.8 Å². The molecule has 1 aliphatic carbocycles. The summed E-state index contributed by atoms with van der Waals surface area (Å²) >= 11 is 12.6. The number of alkyl halides is 1. The molecule has 1 aromatic heterocycles. The van der Waals surface area contributed by atoms with Crippen LogP contribution >= 0.6 is 23.2 Å². The number of furan rings is 1. The third-order valence-corrected chi connectivity index (χ3v) is 4.36. The first-order valence-corrected chi connectivity index (χ1v) is 7.49. The Bertz CT molecular complexity index is 898. The zero-order valence-electron chi connectivity index (χ0n) is 11.6. The highest BCUT2D eigenvalue weighted by atomic mass is 35.5. The lowest BCUT2D eigenvalue weighted by molar-refractivity contribution is 0.280. The number of nitrogens with zero attached hydrogens (tertiary/aromatic N) is 1. The Morgan fingerprint density at radius 1 is 1.26 bits per heavy atom. The summed E-state index contributed by atoms with van der Waals surface area (Å²) in [6.45, 7) is 0. The number of aliphatic hydroxyl groups is 2. The van der Waals surface area contributed by atoms with Gasteiger partial charge in [-0.2, -0.15) is 0 Å². The van der Waals surface area contributed by atoms with Crippen molar-refractivity contribution in [1.82, 2.24) is 0 Å². The van der Waals surface area contributed by atoms with Gasteiger partial charge in [0.05, 0.1) is 10.4 Å². The van der Waals surface area contributed by atoms with Gasteiger partial charge in [-0.15, -0.1) is 16.5 Å². The van der Waals surface area contributed by atoms with Crippen LogP contribution in [-0.2, 0) is 0 Å². The van der Waals surface area contributed by atoms with E-state index in [1.165, 1.54) is 12.1 Å². The Balaban J connectivity index is 2.14. The zero-order chi connectivity index (χ0) is 16.6. The van der Waals surface area contributed by atoms with Crippen molar-refractivity contribution < 1.29 is 14.6 Å². The Hall–Kier alpha value is -2.24. The SMILES string of the molecule is O=NC(C1=CC(Cl)=c2oc(=C(O)O)cc2C1Cl)c1ccccc1. The number of rotatable bonds is 3. The molecular formula is C16H11Cl2NO4. The first-order valence-electron chi connectivity index (χ1n) is 6.67. The summed E-state index contributed by atoms with van der Waals surface area (Å²) in [6, 6.07) is 9.55. The van der Waals surface area contributed by atoms with Crippen LogP contribution in [0.15, 0.2) is 57.6 Å². The third kappa shape index (κ3) is 2.73. The van der Waals surface area contributed by atoms with Crippen molar-refractivity contribution in [2.45, 2.75) is 11.4 Å². The monoisotopic (exact) mass is 351 g/mol. The van der Waals surface area contributed by atoms with E-state index in [0.29, 0.717) is 16.7 Å². The van der Waals surface area contributed by atoms with Crippen molar-refractivity contribution in [2.24, 2.45) is 5.18 Å². The van der Waals surface area contributed by atoms with Crippen molar-refractivity contribution in [3.63, 3.8) is 0 Å². The summed E-state index contributed by atoms with van der Waals surface area (Å²) in [5.41, 5.74) is 1.73. The molecule has 23 heavy (non-hydrogen) atoms. The number of benzene rings is 1. The number of hydrogen-bond acceptors (Lipinski definition) is 5. The lowest BCUT2D eigenvalue weighted by Crippen LogP contribution is -2.17. The van der Waals surface area contributed by atoms with Crippen LogP contribution < -0.4 is 10.8 Å². The van der Waals surface area contributed by atoms with Gasteiger partial charge in [-0.05, 0) is 23.3 Å². The lowest BCUT2D eigenvalue weighted by Gasteiger charge is -2.21. The fourth-order valence-corrected chi connectivity index (χ4v) is 3.14. The van der Waals surface area contributed by atoms with Gasteiger partial charge in [-0.3, -0.25) is 0 Å². The van der Waals surface area contributed by atoms with Crippen LogP contribution in [0.1, 0.15) is 22.5 Å². The molecule has 7 heteroatoms. The molecule has 0 saturated carbocycles. The molecule has 0 saturated heterocycles. The molecule has 0 spiro atoms. The minimum Gasteiger partial charge on any atom is -0.478 e. The maximum atomic E-state index is 11.4. The van der Waals surface area contributed by atoms with E-state index < -0.39 is 17.4 Å². The molecule has 5 nitrogen and oxygen atoms in total. The van der Waals surface area contributed by atoms with Crippen LogP contribution in [0.3, 0.4) is 0 Å². The van der Waals surface area contributed by atoms with Crippen LogP contribution in [0.5, 0.6) is 0 Å². The number of allylic oxidation sites excluding steroid dienone is 1. The second-order valence-electron chi connectivity index (χ2n) is 4.99. The number of aliphatic hydroxyl groups excluding tert-OH is 1. The number of halogens is 2. The normalized spacial score (nSPS) is 18.1. The van der Waals surface area contributed by atoms with Crippen molar-refractivity contribution in [1.29, 1.82) is 0 Å². The maximum absolute atomic E-state index is 11.4. The molecule has 2 atom stereocenters. The summed E-state index contributed by atoms with van der Waals surface area (Å²) in [6.07, 6.45) is 1.53. The molecule has 2 unspecified atom stereocenters. The summed E-state index contributed by atoms with van der Waals surface area (Å²) in [7, 11) is 0. The average molecular weight is 352 g/mol. The van der Waals surface area contributed by atoms with E-state index >= 15 is 0 Å². The van der Waals surface area contributed by atoms with Gasteiger partial charge in [0.2, 0.25) is 5.42 Å². The van der Waals surface area contributed by atoms with E-state index in [1.54, 1.807) is 24.3 Å². The van der Waals surface area contributed by atoms with Crippen LogP contribution in [0.25, 0.3) is 11.0 Å². The molecule has 0 aliphatic heterocycles. The van der Waals surface area contributed by atoms with Crippen LogP contribution in [0, 0.1) is 4.91 Å². The molecule has 0 fully saturated rings. The average Bonchev–Trinajstić information content (AvgIpc) is 3.00. The minimum atomic E-state index is -0.970. The van der Waals surface area contributed by atoms with E-state index in [2.05, 4.69) is 5.18 Å². The van der Waals surface area contributed by atoms with Gasteiger partial charge in [-0.1, -0.05) is 47.1 Å². The Morgan fingerprint density at radius 3 is 2.57 bits per heavy atom. The summed E-state index contributed by atoms with van der Waals surface area (Å²) < 4.78 is 5.27. The smallest absolute Gasteiger partial charge is 0.319 e. The third-order valence-electron chi connectivity index (χ3n) is 3.59. The van der Waals surface area contributed by atoms with Crippen LogP contribution in [-0.4, -0.2) is 10.2 Å². The molecule has 118 valence electrons. The molecule has 1 aliphatic rings. The van der Waals surface area contributed by atoms with E-state index in [-0.39, 0.29) is 15.9 Å². The fraction of sp³-hybridized carbons (Fsp3) is 0.125. The zero-order valence-corrected chi connectivity index (χ0v) is 13.1. The van der Waals surface area contributed by atoms with E-state index in [9.17, 15) is 4.91 Å². The van der Waals surface area contributed by atoms with Gasteiger partial charge in [-0.25, -0.2) is 0 Å². The number of fused-ring (bicyclic) bond motifs is 1.